The zero-order valence-electron chi connectivity index (χ0n) is 14.5. The second-order valence-corrected chi connectivity index (χ2v) is 7.73. The van der Waals surface area contributed by atoms with E-state index < -0.39 is 10.0 Å². The van der Waals surface area contributed by atoms with Crippen molar-refractivity contribution < 1.29 is 13.2 Å². The van der Waals surface area contributed by atoms with Gasteiger partial charge in [0.15, 0.2) is 0 Å². The number of amides is 1. The zero-order chi connectivity index (χ0) is 17.5. The molecule has 0 saturated heterocycles. The lowest BCUT2D eigenvalue weighted by Gasteiger charge is -2.17. The van der Waals surface area contributed by atoms with Crippen LogP contribution in [0.15, 0.2) is 18.2 Å². The minimum absolute atomic E-state index is 0.158. The van der Waals surface area contributed by atoms with Crippen LogP contribution in [0.25, 0.3) is 0 Å². The summed E-state index contributed by atoms with van der Waals surface area (Å²) in [4.78, 5) is 12.4. The fourth-order valence-electron chi connectivity index (χ4n) is 2.47. The average molecular weight is 340 g/mol. The molecule has 5 nitrogen and oxygen atoms in total. The van der Waals surface area contributed by atoms with E-state index >= 15 is 0 Å². The Labute approximate surface area is 139 Å². The summed E-state index contributed by atoms with van der Waals surface area (Å²) in [6.07, 6.45) is 5.57. The maximum absolute atomic E-state index is 12.4. The fourth-order valence-corrected chi connectivity index (χ4v) is 3.09. The van der Waals surface area contributed by atoms with Gasteiger partial charge in [-0.1, -0.05) is 39.2 Å². The van der Waals surface area contributed by atoms with Crippen LogP contribution in [-0.2, 0) is 10.0 Å². The van der Waals surface area contributed by atoms with Gasteiger partial charge in [0.25, 0.3) is 5.91 Å². The van der Waals surface area contributed by atoms with Crippen LogP contribution >= 0.6 is 0 Å². The molecule has 0 unspecified atom stereocenters. The van der Waals surface area contributed by atoms with Crippen LogP contribution in [-0.4, -0.2) is 27.1 Å². The minimum atomic E-state index is -3.36. The number of hydrogen-bond acceptors (Lipinski definition) is 3. The van der Waals surface area contributed by atoms with Crippen molar-refractivity contribution in [2.75, 3.05) is 17.5 Å². The average Bonchev–Trinajstić information content (AvgIpc) is 2.48. The second kappa shape index (κ2) is 8.91. The summed E-state index contributed by atoms with van der Waals surface area (Å²) in [5.74, 6) is 0.325. The normalized spacial score (nSPS) is 12.7. The second-order valence-electron chi connectivity index (χ2n) is 5.98. The van der Waals surface area contributed by atoms with Gasteiger partial charge in [0.1, 0.15) is 0 Å². The van der Waals surface area contributed by atoms with Gasteiger partial charge in [-0.25, -0.2) is 8.42 Å². The molecule has 1 rings (SSSR count). The molecule has 2 N–H and O–H groups in total. The quantitative estimate of drug-likeness (QED) is 0.724. The lowest BCUT2D eigenvalue weighted by Crippen LogP contribution is -2.30. The first-order chi connectivity index (χ1) is 10.8. The van der Waals surface area contributed by atoms with E-state index in [1.165, 1.54) is 6.42 Å². The third-order valence-corrected chi connectivity index (χ3v) is 4.56. The van der Waals surface area contributed by atoms with Gasteiger partial charge in [-0.2, -0.15) is 0 Å². The Morgan fingerprint density at radius 2 is 1.96 bits per heavy atom. The number of anilines is 1. The summed E-state index contributed by atoms with van der Waals surface area (Å²) in [7, 11) is -3.36. The van der Waals surface area contributed by atoms with Gasteiger partial charge in [0, 0.05) is 12.1 Å². The van der Waals surface area contributed by atoms with E-state index in [0.29, 0.717) is 29.3 Å². The van der Waals surface area contributed by atoms with Gasteiger partial charge >= 0.3 is 0 Å². The van der Waals surface area contributed by atoms with E-state index in [1.807, 2.05) is 0 Å². The van der Waals surface area contributed by atoms with Crippen LogP contribution < -0.4 is 10.0 Å². The molecule has 0 bridgehead atoms. The van der Waals surface area contributed by atoms with Crippen molar-refractivity contribution in [3.63, 3.8) is 0 Å². The minimum Gasteiger partial charge on any atom is -0.352 e. The van der Waals surface area contributed by atoms with Crippen molar-refractivity contribution in [1.82, 2.24) is 5.32 Å². The van der Waals surface area contributed by atoms with Gasteiger partial charge in [-0.3, -0.25) is 9.52 Å². The van der Waals surface area contributed by atoms with Gasteiger partial charge in [0.05, 0.1) is 11.9 Å². The molecule has 0 aliphatic heterocycles. The van der Waals surface area contributed by atoms with E-state index in [9.17, 15) is 13.2 Å². The van der Waals surface area contributed by atoms with E-state index in [4.69, 9.17) is 0 Å². The molecule has 1 atom stereocenters. The van der Waals surface area contributed by atoms with Crippen molar-refractivity contribution in [3.05, 3.63) is 29.3 Å². The maximum Gasteiger partial charge on any atom is 0.251 e. The number of rotatable bonds is 9. The molecule has 0 aliphatic carbocycles. The summed E-state index contributed by atoms with van der Waals surface area (Å²) in [5, 5.41) is 2.97. The molecular formula is C17H28N2O3S. The molecular weight excluding hydrogens is 312 g/mol. The van der Waals surface area contributed by atoms with Gasteiger partial charge in [-0.15, -0.1) is 0 Å². The number of carbonyl (C=O) groups is 1. The van der Waals surface area contributed by atoms with Crippen LogP contribution in [0.5, 0.6) is 0 Å². The Kier molecular flexibility index (Phi) is 7.55. The van der Waals surface area contributed by atoms with Crippen LogP contribution in [0, 0.1) is 12.8 Å². The standard InChI is InChI=1S/C17H28N2O3S/c1-5-7-9-14(6-2)12-18-17(20)15-10-8-11-16(13(15)3)19-23(4,21)22/h8,10-11,14,19H,5-7,9,12H2,1-4H3,(H,18,20)/t14-/m1/s1. The summed E-state index contributed by atoms with van der Waals surface area (Å²) in [5.41, 5.74) is 1.58. The number of unbranched alkanes of at least 4 members (excludes halogenated alkanes) is 1. The number of carbonyl (C=O) groups excluding carboxylic acids is 1. The first-order valence-electron chi connectivity index (χ1n) is 8.14. The fraction of sp³-hybridized carbons (Fsp3) is 0.588. The van der Waals surface area contributed by atoms with E-state index in [-0.39, 0.29) is 5.91 Å². The van der Waals surface area contributed by atoms with Gasteiger partial charge in [0.2, 0.25) is 10.0 Å². The lowest BCUT2D eigenvalue weighted by atomic mass is 9.99. The molecule has 0 saturated carbocycles. The van der Waals surface area contributed by atoms with Crippen molar-refractivity contribution in [1.29, 1.82) is 0 Å². The summed E-state index contributed by atoms with van der Waals surface area (Å²) in [6, 6.07) is 5.05. The van der Waals surface area contributed by atoms with Crippen LogP contribution in [0.1, 0.15) is 55.5 Å². The zero-order valence-corrected chi connectivity index (χ0v) is 15.3. The largest absolute Gasteiger partial charge is 0.352 e. The first kappa shape index (κ1) is 19.5. The van der Waals surface area contributed by atoms with Crippen molar-refractivity contribution in [2.24, 2.45) is 5.92 Å². The highest BCUT2D eigenvalue weighted by molar-refractivity contribution is 7.92. The molecule has 0 spiro atoms. The molecule has 6 heteroatoms. The van der Waals surface area contributed by atoms with E-state index in [0.717, 1.165) is 25.5 Å². The Morgan fingerprint density at radius 3 is 2.52 bits per heavy atom. The molecule has 0 aliphatic rings. The first-order valence-corrected chi connectivity index (χ1v) is 10.0. The molecule has 23 heavy (non-hydrogen) atoms. The SMILES string of the molecule is CCCC[C@@H](CC)CNC(=O)c1cccc(NS(C)(=O)=O)c1C. The number of hydrogen-bond donors (Lipinski definition) is 2. The van der Waals surface area contributed by atoms with E-state index in [2.05, 4.69) is 23.9 Å². The van der Waals surface area contributed by atoms with Crippen LogP contribution in [0.4, 0.5) is 5.69 Å². The lowest BCUT2D eigenvalue weighted by molar-refractivity contribution is 0.0945. The Morgan fingerprint density at radius 1 is 1.26 bits per heavy atom. The monoisotopic (exact) mass is 340 g/mol. The Bertz CT molecular complexity index is 627. The predicted octanol–water partition coefficient (Wildman–Crippen LogP) is 3.31. The predicted molar refractivity (Wildman–Crippen MR) is 95.3 cm³/mol. The number of benzene rings is 1. The van der Waals surface area contributed by atoms with Crippen LogP contribution in [0.2, 0.25) is 0 Å². The van der Waals surface area contributed by atoms with Gasteiger partial charge < -0.3 is 5.32 Å². The third-order valence-electron chi connectivity index (χ3n) is 3.97. The van der Waals surface area contributed by atoms with Crippen molar-refractivity contribution >= 4 is 21.6 Å². The highest BCUT2D eigenvalue weighted by Gasteiger charge is 2.15. The summed E-state index contributed by atoms with van der Waals surface area (Å²) < 4.78 is 25.2. The molecule has 1 amide bonds. The Balaban J connectivity index is 2.78. The van der Waals surface area contributed by atoms with Crippen LogP contribution in [0.3, 0.4) is 0 Å². The molecule has 0 heterocycles. The molecule has 0 fully saturated rings. The topological polar surface area (TPSA) is 75.3 Å². The Hall–Kier alpha value is -1.56. The maximum atomic E-state index is 12.4. The smallest absolute Gasteiger partial charge is 0.251 e. The third kappa shape index (κ3) is 6.60. The van der Waals surface area contributed by atoms with Crippen molar-refractivity contribution in [2.45, 2.75) is 46.5 Å². The van der Waals surface area contributed by atoms with Gasteiger partial charge in [-0.05, 0) is 37.0 Å². The molecule has 1 aromatic carbocycles. The molecule has 130 valence electrons. The number of nitrogens with one attached hydrogen (secondary N) is 2. The highest BCUT2D eigenvalue weighted by Crippen LogP contribution is 2.20. The molecule has 0 aromatic heterocycles. The highest BCUT2D eigenvalue weighted by atomic mass is 32.2. The molecule has 0 radical (unpaired) electrons. The molecule has 1 aromatic rings. The number of sulfonamides is 1. The van der Waals surface area contributed by atoms with E-state index in [1.54, 1.807) is 25.1 Å². The summed E-state index contributed by atoms with van der Waals surface area (Å²) in [6.45, 7) is 6.69. The van der Waals surface area contributed by atoms with Crippen molar-refractivity contribution in [3.8, 4) is 0 Å². The summed E-state index contributed by atoms with van der Waals surface area (Å²) >= 11 is 0.